The summed E-state index contributed by atoms with van der Waals surface area (Å²) in [6, 6.07) is 6.80. The molecule has 0 unspecified atom stereocenters. The second-order valence-electron chi connectivity index (χ2n) is 5.88. The molecule has 3 aromatic rings. The average molecular weight is 381 g/mol. The third kappa shape index (κ3) is 4.44. The van der Waals surface area contributed by atoms with Crippen LogP contribution >= 0.6 is 0 Å². The van der Waals surface area contributed by atoms with E-state index in [0.717, 1.165) is 29.6 Å². The molecule has 0 aliphatic carbocycles. The first-order valence-corrected chi connectivity index (χ1v) is 8.29. The highest BCUT2D eigenvalue weighted by Crippen LogP contribution is 2.21. The number of rotatable bonds is 6. The average Bonchev–Trinajstić information content (AvgIpc) is 3.11. The Morgan fingerprint density at radius 2 is 2.14 bits per heavy atom. The minimum absolute atomic E-state index is 0.142. The molecule has 0 radical (unpaired) electrons. The number of imidazole rings is 1. The molecule has 28 heavy (non-hydrogen) atoms. The zero-order chi connectivity index (χ0) is 20.1. The monoisotopic (exact) mass is 381 g/mol. The van der Waals surface area contributed by atoms with Crippen molar-refractivity contribution in [2.45, 2.75) is 13.5 Å². The molecule has 0 aliphatic rings. The molecule has 0 saturated heterocycles. The maximum absolute atomic E-state index is 13.1. The number of amides is 1. The Morgan fingerprint density at radius 3 is 2.79 bits per heavy atom. The third-order valence-corrected chi connectivity index (χ3v) is 3.95. The van der Waals surface area contributed by atoms with Gasteiger partial charge in [0.05, 0.1) is 16.6 Å². The van der Waals surface area contributed by atoms with Gasteiger partial charge in [-0.05, 0) is 36.8 Å². The van der Waals surface area contributed by atoms with Crippen molar-refractivity contribution in [1.29, 1.82) is 0 Å². The van der Waals surface area contributed by atoms with Crippen LogP contribution < -0.4 is 5.32 Å². The molecular formula is C19H16FN5O3. The maximum Gasteiger partial charge on any atom is 0.279 e. The van der Waals surface area contributed by atoms with Crippen LogP contribution in [0.1, 0.15) is 17.0 Å². The number of nitro groups is 1. The van der Waals surface area contributed by atoms with Crippen LogP contribution in [-0.2, 0) is 11.3 Å². The molecular weight excluding hydrogens is 365 g/mol. The molecule has 2 aromatic heterocycles. The van der Waals surface area contributed by atoms with Crippen molar-refractivity contribution in [2.24, 2.45) is 0 Å². The molecule has 0 fully saturated rings. The SMILES string of the molecule is Cc1nccn1-c1ccc(CNC(=O)C=Cc2ccc(F)cc2[N+](=O)[O-])cn1. The fourth-order valence-corrected chi connectivity index (χ4v) is 2.51. The van der Waals surface area contributed by atoms with Crippen LogP contribution in [0.25, 0.3) is 11.9 Å². The van der Waals surface area contributed by atoms with Crippen molar-refractivity contribution in [3.8, 4) is 5.82 Å². The first kappa shape index (κ1) is 18.9. The Morgan fingerprint density at radius 1 is 1.32 bits per heavy atom. The molecule has 0 saturated carbocycles. The summed E-state index contributed by atoms with van der Waals surface area (Å²) in [4.78, 5) is 30.7. The van der Waals surface area contributed by atoms with E-state index in [9.17, 15) is 19.3 Å². The summed E-state index contributed by atoms with van der Waals surface area (Å²) < 4.78 is 15.0. The van der Waals surface area contributed by atoms with Crippen LogP contribution in [-0.4, -0.2) is 25.4 Å². The van der Waals surface area contributed by atoms with Crippen molar-refractivity contribution >= 4 is 17.7 Å². The van der Waals surface area contributed by atoms with Gasteiger partial charge in [-0.15, -0.1) is 0 Å². The van der Waals surface area contributed by atoms with E-state index in [1.165, 1.54) is 12.1 Å². The van der Waals surface area contributed by atoms with Gasteiger partial charge in [-0.1, -0.05) is 6.07 Å². The van der Waals surface area contributed by atoms with Crippen LogP contribution in [0.15, 0.2) is 55.0 Å². The number of aromatic nitrogens is 3. The lowest BCUT2D eigenvalue weighted by molar-refractivity contribution is -0.385. The number of nitrogens with zero attached hydrogens (tertiary/aromatic N) is 4. The van der Waals surface area contributed by atoms with Crippen LogP contribution in [0.5, 0.6) is 0 Å². The third-order valence-electron chi connectivity index (χ3n) is 3.95. The number of carbonyl (C=O) groups is 1. The Kier molecular flexibility index (Phi) is 5.54. The second-order valence-corrected chi connectivity index (χ2v) is 5.88. The molecule has 3 rings (SSSR count). The molecule has 9 heteroatoms. The number of carbonyl (C=O) groups excluding carboxylic acids is 1. The number of hydrogen-bond acceptors (Lipinski definition) is 5. The van der Waals surface area contributed by atoms with Gasteiger partial charge in [0.15, 0.2) is 0 Å². The summed E-state index contributed by atoms with van der Waals surface area (Å²) >= 11 is 0. The van der Waals surface area contributed by atoms with Gasteiger partial charge >= 0.3 is 0 Å². The maximum atomic E-state index is 13.1. The van der Waals surface area contributed by atoms with E-state index in [4.69, 9.17) is 0 Å². The summed E-state index contributed by atoms with van der Waals surface area (Å²) in [5.41, 5.74) is 0.526. The van der Waals surface area contributed by atoms with Crippen LogP contribution in [0, 0.1) is 22.9 Å². The Hall–Kier alpha value is -3.88. The smallest absolute Gasteiger partial charge is 0.279 e. The predicted octanol–water partition coefficient (Wildman–Crippen LogP) is 2.95. The van der Waals surface area contributed by atoms with Crippen molar-refractivity contribution in [2.75, 3.05) is 0 Å². The standard InChI is InChI=1S/C19H16FN5O3/c1-13-21-8-9-24(13)18-6-2-14(11-22-18)12-23-19(26)7-4-15-3-5-16(20)10-17(15)25(27)28/h2-11H,12H2,1H3,(H,23,26). The molecule has 0 aliphatic heterocycles. The van der Waals surface area contributed by atoms with Gasteiger partial charge in [0.25, 0.3) is 5.69 Å². The zero-order valence-electron chi connectivity index (χ0n) is 14.9. The van der Waals surface area contributed by atoms with Gasteiger partial charge in [-0.3, -0.25) is 19.5 Å². The molecule has 0 bridgehead atoms. The van der Waals surface area contributed by atoms with E-state index in [1.54, 1.807) is 18.6 Å². The van der Waals surface area contributed by atoms with E-state index < -0.39 is 22.3 Å². The summed E-state index contributed by atoms with van der Waals surface area (Å²) in [6.45, 7) is 2.11. The molecule has 142 valence electrons. The Labute approximate surface area is 159 Å². The molecule has 1 aromatic carbocycles. The normalized spacial score (nSPS) is 10.9. The van der Waals surface area contributed by atoms with Crippen LogP contribution in [0.2, 0.25) is 0 Å². The summed E-state index contributed by atoms with van der Waals surface area (Å²) in [5, 5.41) is 13.6. The lowest BCUT2D eigenvalue weighted by Crippen LogP contribution is -2.20. The van der Waals surface area contributed by atoms with Crippen LogP contribution in [0.4, 0.5) is 10.1 Å². The van der Waals surface area contributed by atoms with Gasteiger partial charge in [0.2, 0.25) is 5.91 Å². The number of benzene rings is 1. The number of pyridine rings is 1. The van der Waals surface area contributed by atoms with Gasteiger partial charge in [-0.2, -0.15) is 0 Å². The fraction of sp³-hybridized carbons (Fsp3) is 0.105. The fourth-order valence-electron chi connectivity index (χ4n) is 2.51. The van der Waals surface area contributed by atoms with E-state index in [-0.39, 0.29) is 12.1 Å². The number of hydrogen-bond donors (Lipinski definition) is 1. The minimum Gasteiger partial charge on any atom is -0.348 e. The number of nitro benzene ring substituents is 1. The number of aryl methyl sites for hydroxylation is 1. The van der Waals surface area contributed by atoms with Gasteiger partial charge < -0.3 is 5.32 Å². The lowest BCUT2D eigenvalue weighted by atomic mass is 10.1. The van der Waals surface area contributed by atoms with Gasteiger partial charge in [0.1, 0.15) is 17.5 Å². The molecule has 8 nitrogen and oxygen atoms in total. The van der Waals surface area contributed by atoms with Gasteiger partial charge in [-0.25, -0.2) is 14.4 Å². The van der Waals surface area contributed by atoms with Crippen molar-refractivity contribution < 1.29 is 14.1 Å². The van der Waals surface area contributed by atoms with E-state index >= 15 is 0 Å². The zero-order valence-corrected chi connectivity index (χ0v) is 14.9. The second kappa shape index (κ2) is 8.21. The highest BCUT2D eigenvalue weighted by atomic mass is 19.1. The molecule has 0 spiro atoms. The molecule has 1 amide bonds. The summed E-state index contributed by atoms with van der Waals surface area (Å²) in [6.07, 6.45) is 7.57. The quantitative estimate of drug-likeness (QED) is 0.402. The van der Waals surface area contributed by atoms with E-state index in [0.29, 0.717) is 5.82 Å². The largest absolute Gasteiger partial charge is 0.348 e. The predicted molar refractivity (Wildman–Crippen MR) is 100 cm³/mol. The van der Waals surface area contributed by atoms with Crippen molar-refractivity contribution in [1.82, 2.24) is 19.9 Å². The number of halogens is 1. The minimum atomic E-state index is -0.713. The first-order chi connectivity index (χ1) is 13.4. The van der Waals surface area contributed by atoms with Crippen LogP contribution in [0.3, 0.4) is 0 Å². The number of nitrogens with one attached hydrogen (secondary N) is 1. The Balaban J connectivity index is 1.61. The first-order valence-electron chi connectivity index (χ1n) is 8.29. The van der Waals surface area contributed by atoms with Crippen molar-refractivity contribution in [3.05, 3.63) is 87.9 Å². The molecule has 0 atom stereocenters. The van der Waals surface area contributed by atoms with E-state index in [1.807, 2.05) is 23.6 Å². The molecule has 1 N–H and O–H groups in total. The van der Waals surface area contributed by atoms with Crippen molar-refractivity contribution in [3.63, 3.8) is 0 Å². The highest BCUT2D eigenvalue weighted by Gasteiger charge is 2.12. The summed E-state index contributed by atoms with van der Waals surface area (Å²) in [7, 11) is 0. The highest BCUT2D eigenvalue weighted by molar-refractivity contribution is 5.92. The van der Waals surface area contributed by atoms with E-state index in [2.05, 4.69) is 15.3 Å². The molecule has 2 heterocycles. The Bertz CT molecular complexity index is 1040. The lowest BCUT2D eigenvalue weighted by Gasteiger charge is -2.06. The van der Waals surface area contributed by atoms with Gasteiger partial charge in [0, 0.05) is 31.2 Å². The topological polar surface area (TPSA) is 103 Å². The summed E-state index contributed by atoms with van der Waals surface area (Å²) in [5.74, 6) is 0.380.